The van der Waals surface area contributed by atoms with Crippen LogP contribution in [0.25, 0.3) is 0 Å². The fraction of sp³-hybridized carbons (Fsp3) is 0.480. The van der Waals surface area contributed by atoms with E-state index < -0.39 is 10.0 Å². The molecule has 0 radical (unpaired) electrons. The molecule has 0 atom stereocenters. The highest BCUT2D eigenvalue weighted by Gasteiger charge is 2.27. The van der Waals surface area contributed by atoms with Crippen LogP contribution in [0, 0.1) is 0 Å². The van der Waals surface area contributed by atoms with Crippen LogP contribution in [0.15, 0.2) is 47.4 Å². The molecule has 0 aliphatic carbocycles. The molecule has 1 heterocycles. The first-order valence-electron chi connectivity index (χ1n) is 11.9. The van der Waals surface area contributed by atoms with Crippen molar-refractivity contribution in [3.05, 3.63) is 48.0 Å². The van der Waals surface area contributed by atoms with E-state index in [1.807, 2.05) is 45.0 Å². The number of benzene rings is 2. The van der Waals surface area contributed by atoms with E-state index in [1.165, 1.54) is 4.31 Å². The summed E-state index contributed by atoms with van der Waals surface area (Å²) in [6, 6.07) is 12.7. The van der Waals surface area contributed by atoms with E-state index in [-0.39, 0.29) is 17.2 Å². The number of ether oxygens (including phenoxy) is 2. The minimum Gasteiger partial charge on any atom is -0.494 e. The Hall–Kier alpha value is -2.62. The lowest BCUT2D eigenvalue weighted by molar-refractivity contribution is -0.116. The van der Waals surface area contributed by atoms with Gasteiger partial charge in [-0.2, -0.15) is 4.31 Å². The molecule has 34 heavy (non-hydrogen) atoms. The second-order valence-corrected chi connectivity index (χ2v) is 9.89. The fourth-order valence-electron chi connectivity index (χ4n) is 4.02. The number of amides is 1. The monoisotopic (exact) mass is 489 g/mol. The average molecular weight is 490 g/mol. The molecule has 0 unspecified atom stereocenters. The Labute approximate surface area is 202 Å². The normalized spacial score (nSPS) is 14.6. The van der Waals surface area contributed by atoms with Gasteiger partial charge in [0, 0.05) is 32.6 Å². The van der Waals surface area contributed by atoms with Crippen LogP contribution >= 0.6 is 0 Å². The van der Waals surface area contributed by atoms with E-state index in [0.717, 1.165) is 30.1 Å². The van der Waals surface area contributed by atoms with Crippen molar-refractivity contribution in [2.75, 3.05) is 56.2 Å². The molecule has 1 aliphatic rings. The van der Waals surface area contributed by atoms with E-state index in [0.29, 0.717) is 45.0 Å². The van der Waals surface area contributed by atoms with Crippen molar-refractivity contribution >= 4 is 27.3 Å². The first kappa shape index (κ1) is 26.0. The molecule has 0 saturated carbocycles. The van der Waals surface area contributed by atoms with E-state index >= 15 is 0 Å². The zero-order valence-corrected chi connectivity index (χ0v) is 21.1. The molecule has 9 heteroatoms. The highest BCUT2D eigenvalue weighted by Crippen LogP contribution is 2.31. The zero-order chi connectivity index (χ0) is 24.6. The molecular weight excluding hydrogens is 454 g/mol. The molecule has 1 fully saturated rings. The Morgan fingerprint density at radius 3 is 2.47 bits per heavy atom. The van der Waals surface area contributed by atoms with Crippen molar-refractivity contribution in [2.24, 2.45) is 0 Å². The van der Waals surface area contributed by atoms with E-state index in [4.69, 9.17) is 9.47 Å². The van der Waals surface area contributed by atoms with Crippen molar-refractivity contribution in [3.8, 4) is 5.75 Å². The maximum Gasteiger partial charge on any atom is 0.243 e. The number of rotatable bonds is 11. The second kappa shape index (κ2) is 12.2. The lowest BCUT2D eigenvalue weighted by atomic mass is 10.1. The van der Waals surface area contributed by atoms with Gasteiger partial charge >= 0.3 is 0 Å². The lowest BCUT2D eigenvalue weighted by Crippen LogP contribution is -2.40. The Balaban J connectivity index is 1.83. The Bertz CT molecular complexity index is 1060. The predicted molar refractivity (Wildman–Crippen MR) is 134 cm³/mol. The maximum absolute atomic E-state index is 13.2. The number of morpholine rings is 1. The van der Waals surface area contributed by atoms with Gasteiger partial charge in [-0.3, -0.25) is 4.79 Å². The molecule has 2 aromatic rings. The largest absolute Gasteiger partial charge is 0.494 e. The van der Waals surface area contributed by atoms with Gasteiger partial charge in [-0.15, -0.1) is 0 Å². The van der Waals surface area contributed by atoms with Crippen molar-refractivity contribution in [2.45, 2.75) is 38.5 Å². The topological polar surface area (TPSA) is 88.2 Å². The van der Waals surface area contributed by atoms with Gasteiger partial charge in [-0.25, -0.2) is 8.42 Å². The zero-order valence-electron chi connectivity index (χ0n) is 20.2. The van der Waals surface area contributed by atoms with Gasteiger partial charge in [-0.05, 0) is 57.0 Å². The standard InChI is InChI=1S/C25H35N3O5S/c1-4-27(5-2)23-13-12-21(34(30,31)28-15-17-32-18-16-28)19-22(23)26-25(29)14-11-20-9-7-8-10-24(20)33-6-3/h7-10,12-13,19H,4-6,11,14-18H2,1-3H3,(H,26,29). The summed E-state index contributed by atoms with van der Waals surface area (Å²) in [6.45, 7) is 9.40. The summed E-state index contributed by atoms with van der Waals surface area (Å²) in [5.74, 6) is 0.598. The summed E-state index contributed by atoms with van der Waals surface area (Å²) in [4.78, 5) is 15.2. The second-order valence-electron chi connectivity index (χ2n) is 7.96. The van der Waals surface area contributed by atoms with Crippen LogP contribution in [-0.4, -0.2) is 64.6 Å². The molecule has 0 spiro atoms. The predicted octanol–water partition coefficient (Wildman–Crippen LogP) is 3.52. The number of hydrogen-bond acceptors (Lipinski definition) is 6. The first-order chi connectivity index (χ1) is 16.4. The third-order valence-corrected chi connectivity index (χ3v) is 7.74. The Kier molecular flexibility index (Phi) is 9.32. The molecule has 1 aliphatic heterocycles. The third kappa shape index (κ3) is 6.28. The summed E-state index contributed by atoms with van der Waals surface area (Å²) in [7, 11) is -3.68. The molecule has 1 N–H and O–H groups in total. The summed E-state index contributed by atoms with van der Waals surface area (Å²) in [6.07, 6.45) is 0.774. The van der Waals surface area contributed by atoms with Gasteiger partial charge < -0.3 is 19.7 Å². The number of carbonyl (C=O) groups excluding carboxylic acids is 1. The average Bonchev–Trinajstić information content (AvgIpc) is 2.85. The molecular formula is C25H35N3O5S. The highest BCUT2D eigenvalue weighted by atomic mass is 32.2. The number of nitrogens with zero attached hydrogens (tertiary/aromatic N) is 2. The Morgan fingerprint density at radius 2 is 1.79 bits per heavy atom. The van der Waals surface area contributed by atoms with Gasteiger partial charge in [0.25, 0.3) is 0 Å². The SMILES string of the molecule is CCOc1ccccc1CCC(=O)Nc1cc(S(=O)(=O)N2CCOCC2)ccc1N(CC)CC. The van der Waals surface area contributed by atoms with Crippen LogP contribution < -0.4 is 15.0 Å². The Morgan fingerprint density at radius 1 is 1.09 bits per heavy atom. The van der Waals surface area contributed by atoms with Gasteiger partial charge in [0.1, 0.15) is 5.75 Å². The molecule has 1 saturated heterocycles. The molecule has 8 nitrogen and oxygen atoms in total. The van der Waals surface area contributed by atoms with Crippen molar-refractivity contribution < 1.29 is 22.7 Å². The maximum atomic E-state index is 13.2. The summed E-state index contributed by atoms with van der Waals surface area (Å²) < 4.78 is 38.8. The van der Waals surface area contributed by atoms with Crippen LogP contribution in [0.2, 0.25) is 0 Å². The van der Waals surface area contributed by atoms with E-state index in [9.17, 15) is 13.2 Å². The van der Waals surface area contributed by atoms with Crippen molar-refractivity contribution in [1.82, 2.24) is 4.31 Å². The van der Waals surface area contributed by atoms with E-state index in [1.54, 1.807) is 18.2 Å². The number of sulfonamides is 1. The molecule has 1 amide bonds. The van der Waals surface area contributed by atoms with Gasteiger partial charge in [0.05, 0.1) is 36.1 Å². The highest BCUT2D eigenvalue weighted by molar-refractivity contribution is 7.89. The number of anilines is 2. The lowest BCUT2D eigenvalue weighted by Gasteiger charge is -2.28. The molecule has 0 bridgehead atoms. The fourth-order valence-corrected chi connectivity index (χ4v) is 5.45. The van der Waals surface area contributed by atoms with Crippen molar-refractivity contribution in [1.29, 1.82) is 0 Å². The number of nitrogens with one attached hydrogen (secondary N) is 1. The molecule has 3 rings (SSSR count). The van der Waals surface area contributed by atoms with Crippen LogP contribution in [-0.2, 0) is 26.0 Å². The minimum atomic E-state index is -3.68. The molecule has 2 aromatic carbocycles. The van der Waals surface area contributed by atoms with Crippen LogP contribution in [0.5, 0.6) is 5.75 Å². The third-order valence-electron chi connectivity index (χ3n) is 5.85. The quantitative estimate of drug-likeness (QED) is 0.520. The smallest absolute Gasteiger partial charge is 0.243 e. The van der Waals surface area contributed by atoms with Gasteiger partial charge in [-0.1, -0.05) is 18.2 Å². The van der Waals surface area contributed by atoms with Crippen LogP contribution in [0.4, 0.5) is 11.4 Å². The number of carbonyl (C=O) groups is 1. The number of hydrogen-bond donors (Lipinski definition) is 1. The minimum absolute atomic E-state index is 0.169. The van der Waals surface area contributed by atoms with Crippen LogP contribution in [0.3, 0.4) is 0 Å². The summed E-state index contributed by atoms with van der Waals surface area (Å²) in [5, 5.41) is 2.97. The number of aryl methyl sites for hydroxylation is 1. The molecule has 186 valence electrons. The van der Waals surface area contributed by atoms with Crippen molar-refractivity contribution in [3.63, 3.8) is 0 Å². The summed E-state index contributed by atoms with van der Waals surface area (Å²) in [5.41, 5.74) is 2.27. The first-order valence-corrected chi connectivity index (χ1v) is 13.3. The molecule has 0 aromatic heterocycles. The number of para-hydroxylation sites is 1. The van der Waals surface area contributed by atoms with Gasteiger partial charge in [0.2, 0.25) is 15.9 Å². The summed E-state index contributed by atoms with van der Waals surface area (Å²) >= 11 is 0. The van der Waals surface area contributed by atoms with E-state index in [2.05, 4.69) is 10.2 Å². The van der Waals surface area contributed by atoms with Crippen LogP contribution in [0.1, 0.15) is 32.8 Å². The van der Waals surface area contributed by atoms with Gasteiger partial charge in [0.15, 0.2) is 0 Å².